The number of tetrazole rings is 1. The molecule has 2 N–H and O–H groups in total. The zero-order chi connectivity index (χ0) is 24.6. The molecule has 2 amide bonds. The normalized spacial score (nSPS) is 13.9. The highest BCUT2D eigenvalue weighted by Gasteiger charge is 2.28. The molecule has 1 saturated carbocycles. The van der Waals surface area contributed by atoms with Crippen molar-refractivity contribution in [3.8, 4) is 22.5 Å². The maximum Gasteiger partial charge on any atom is 0.224 e. The molecule has 0 saturated heterocycles. The lowest BCUT2D eigenvalue weighted by molar-refractivity contribution is -0.132. The molecule has 0 bridgehead atoms. The third-order valence-corrected chi connectivity index (χ3v) is 6.85. The first kappa shape index (κ1) is 24.9. The number of nitrogens with zero attached hydrogens (tertiary/aromatic N) is 4. The molecule has 184 valence electrons. The Hall–Kier alpha value is -3.20. The van der Waals surface area contributed by atoms with E-state index in [1.54, 1.807) is 4.90 Å². The average molecular weight is 493 g/mol. The molecule has 1 atom stereocenters. The molecule has 35 heavy (non-hydrogen) atoms. The number of benzene rings is 2. The predicted molar refractivity (Wildman–Crippen MR) is 138 cm³/mol. The molecular weight excluding hydrogens is 460 g/mol. The SMILES string of the molecule is CCC(=O)N(CCNC(=O)C(CS)CC1CC1)Cc1ccc(-c2ccccc2-c2nnn[nH]2)cc1. The molecule has 0 radical (unpaired) electrons. The molecule has 4 rings (SSSR count). The van der Waals surface area contributed by atoms with Crippen LogP contribution in [0.3, 0.4) is 0 Å². The van der Waals surface area contributed by atoms with Gasteiger partial charge in [-0.2, -0.15) is 12.6 Å². The Morgan fingerprint density at radius 1 is 1.14 bits per heavy atom. The molecule has 1 unspecified atom stereocenters. The molecule has 8 nitrogen and oxygen atoms in total. The van der Waals surface area contributed by atoms with Crippen LogP contribution in [0, 0.1) is 11.8 Å². The van der Waals surface area contributed by atoms with E-state index in [0.29, 0.717) is 43.6 Å². The van der Waals surface area contributed by atoms with E-state index in [9.17, 15) is 9.59 Å². The summed E-state index contributed by atoms with van der Waals surface area (Å²) < 4.78 is 0. The summed E-state index contributed by atoms with van der Waals surface area (Å²) in [6.07, 6.45) is 3.77. The van der Waals surface area contributed by atoms with Crippen LogP contribution in [0.1, 0.15) is 38.2 Å². The zero-order valence-corrected chi connectivity index (χ0v) is 20.9. The van der Waals surface area contributed by atoms with Gasteiger partial charge in [0, 0.05) is 43.3 Å². The van der Waals surface area contributed by atoms with E-state index in [1.165, 1.54) is 12.8 Å². The van der Waals surface area contributed by atoms with Crippen molar-refractivity contribution in [2.45, 2.75) is 39.2 Å². The number of aromatic amines is 1. The second-order valence-electron chi connectivity index (χ2n) is 9.01. The maximum atomic E-state index is 12.6. The molecule has 0 aliphatic heterocycles. The first-order chi connectivity index (χ1) is 17.1. The molecular formula is C26H32N6O2S. The summed E-state index contributed by atoms with van der Waals surface area (Å²) >= 11 is 4.36. The summed E-state index contributed by atoms with van der Waals surface area (Å²) in [6, 6.07) is 16.1. The molecule has 1 aliphatic rings. The van der Waals surface area contributed by atoms with Gasteiger partial charge in [0.1, 0.15) is 0 Å². The van der Waals surface area contributed by atoms with Crippen LogP contribution in [0.2, 0.25) is 0 Å². The van der Waals surface area contributed by atoms with E-state index in [-0.39, 0.29) is 17.7 Å². The van der Waals surface area contributed by atoms with Gasteiger partial charge in [0.25, 0.3) is 0 Å². The molecule has 2 aromatic carbocycles. The fourth-order valence-electron chi connectivity index (χ4n) is 4.22. The highest BCUT2D eigenvalue weighted by Crippen LogP contribution is 2.35. The van der Waals surface area contributed by atoms with E-state index < -0.39 is 0 Å². The summed E-state index contributed by atoms with van der Waals surface area (Å²) in [5.41, 5.74) is 4.01. The van der Waals surface area contributed by atoms with E-state index in [0.717, 1.165) is 28.7 Å². The summed E-state index contributed by atoms with van der Waals surface area (Å²) in [6.45, 7) is 3.27. The molecule has 3 aromatic rings. The number of H-pyrrole nitrogens is 1. The van der Waals surface area contributed by atoms with Crippen molar-refractivity contribution < 1.29 is 9.59 Å². The Kier molecular flexibility index (Phi) is 8.52. The predicted octanol–water partition coefficient (Wildman–Crippen LogP) is 3.73. The highest BCUT2D eigenvalue weighted by molar-refractivity contribution is 7.80. The van der Waals surface area contributed by atoms with Crippen LogP contribution in [0.4, 0.5) is 0 Å². The molecule has 1 heterocycles. The largest absolute Gasteiger partial charge is 0.354 e. The molecule has 1 aliphatic carbocycles. The first-order valence-electron chi connectivity index (χ1n) is 12.2. The third-order valence-electron chi connectivity index (χ3n) is 6.41. The van der Waals surface area contributed by atoms with Crippen LogP contribution in [0.25, 0.3) is 22.5 Å². The molecule has 1 fully saturated rings. The number of hydrogen-bond donors (Lipinski definition) is 3. The van der Waals surface area contributed by atoms with Gasteiger partial charge in [0.2, 0.25) is 11.8 Å². The number of aromatic nitrogens is 4. The molecule has 0 spiro atoms. The quantitative estimate of drug-likeness (QED) is 0.334. The van der Waals surface area contributed by atoms with Crippen LogP contribution in [-0.2, 0) is 16.1 Å². The van der Waals surface area contributed by atoms with Gasteiger partial charge < -0.3 is 10.2 Å². The van der Waals surface area contributed by atoms with Crippen LogP contribution in [0.15, 0.2) is 48.5 Å². The van der Waals surface area contributed by atoms with Crippen LogP contribution in [0.5, 0.6) is 0 Å². The number of carbonyl (C=O) groups is 2. The number of hydrogen-bond acceptors (Lipinski definition) is 6. The van der Waals surface area contributed by atoms with Crippen molar-refractivity contribution in [2.75, 3.05) is 18.8 Å². The second kappa shape index (κ2) is 12.0. The van der Waals surface area contributed by atoms with Gasteiger partial charge in [-0.3, -0.25) is 9.59 Å². The Morgan fingerprint density at radius 2 is 1.89 bits per heavy atom. The van der Waals surface area contributed by atoms with Crippen LogP contribution in [-0.4, -0.2) is 56.2 Å². The lowest BCUT2D eigenvalue weighted by Crippen LogP contribution is -2.40. The lowest BCUT2D eigenvalue weighted by Gasteiger charge is -2.23. The van der Waals surface area contributed by atoms with Crippen LogP contribution >= 0.6 is 12.6 Å². The summed E-state index contributed by atoms with van der Waals surface area (Å²) in [5.74, 6) is 1.91. The van der Waals surface area contributed by atoms with Gasteiger partial charge >= 0.3 is 0 Å². The van der Waals surface area contributed by atoms with E-state index in [4.69, 9.17) is 0 Å². The minimum atomic E-state index is -0.0516. The Bertz CT molecular complexity index is 1120. The van der Waals surface area contributed by atoms with Crippen molar-refractivity contribution >= 4 is 24.4 Å². The third kappa shape index (κ3) is 6.69. The van der Waals surface area contributed by atoms with Gasteiger partial charge in [-0.25, -0.2) is 5.10 Å². The van der Waals surface area contributed by atoms with Gasteiger partial charge in [0.05, 0.1) is 0 Å². The van der Waals surface area contributed by atoms with Crippen molar-refractivity contribution in [3.63, 3.8) is 0 Å². The van der Waals surface area contributed by atoms with Crippen molar-refractivity contribution in [3.05, 3.63) is 54.1 Å². The second-order valence-corrected chi connectivity index (χ2v) is 9.38. The average Bonchev–Trinajstić information content (AvgIpc) is 3.55. The maximum absolute atomic E-state index is 12.6. The first-order valence-corrected chi connectivity index (χ1v) is 12.8. The summed E-state index contributed by atoms with van der Waals surface area (Å²) in [4.78, 5) is 26.9. The smallest absolute Gasteiger partial charge is 0.224 e. The zero-order valence-electron chi connectivity index (χ0n) is 20.0. The van der Waals surface area contributed by atoms with Gasteiger partial charge in [-0.1, -0.05) is 68.3 Å². The van der Waals surface area contributed by atoms with Crippen molar-refractivity contribution in [1.82, 2.24) is 30.8 Å². The topological polar surface area (TPSA) is 104 Å². The Morgan fingerprint density at radius 3 is 2.51 bits per heavy atom. The Labute approximate surface area is 211 Å². The number of amides is 2. The minimum Gasteiger partial charge on any atom is -0.354 e. The minimum absolute atomic E-state index is 0.0424. The van der Waals surface area contributed by atoms with Crippen LogP contribution < -0.4 is 5.32 Å². The summed E-state index contributed by atoms with van der Waals surface area (Å²) in [5, 5.41) is 17.2. The van der Waals surface area contributed by atoms with Crippen molar-refractivity contribution in [2.24, 2.45) is 11.8 Å². The van der Waals surface area contributed by atoms with Gasteiger partial charge in [-0.05, 0) is 39.5 Å². The standard InChI is InChI=1S/C26H32N6O2S/c1-2-24(33)32(14-13-27-26(34)21(17-35)15-18-7-8-18)16-19-9-11-20(12-10-19)22-5-3-4-6-23(22)25-28-30-31-29-25/h3-6,9-12,18,21,35H,2,7-8,13-17H2,1H3,(H,27,34)(H,28,29,30,31). The fourth-order valence-corrected chi connectivity index (χ4v) is 4.53. The van der Waals surface area contributed by atoms with E-state index >= 15 is 0 Å². The van der Waals surface area contributed by atoms with Crippen molar-refractivity contribution in [1.29, 1.82) is 0 Å². The van der Waals surface area contributed by atoms with Gasteiger partial charge in [-0.15, -0.1) is 5.10 Å². The molecule has 9 heteroatoms. The number of rotatable bonds is 12. The van der Waals surface area contributed by atoms with E-state index in [1.807, 2.05) is 55.5 Å². The number of thiol groups is 1. The fraction of sp³-hybridized carbons (Fsp3) is 0.423. The highest BCUT2D eigenvalue weighted by atomic mass is 32.1. The van der Waals surface area contributed by atoms with E-state index in [2.05, 4.69) is 38.6 Å². The number of nitrogens with one attached hydrogen (secondary N) is 2. The molecule has 1 aromatic heterocycles. The Balaban J connectivity index is 1.38. The lowest BCUT2D eigenvalue weighted by atomic mass is 9.98. The van der Waals surface area contributed by atoms with Gasteiger partial charge in [0.15, 0.2) is 5.82 Å². The summed E-state index contributed by atoms with van der Waals surface area (Å²) in [7, 11) is 0. The number of carbonyl (C=O) groups excluding carboxylic acids is 2. The monoisotopic (exact) mass is 492 g/mol.